The fourth-order valence-corrected chi connectivity index (χ4v) is 4.56. The van der Waals surface area contributed by atoms with Gasteiger partial charge < -0.3 is 4.74 Å². The summed E-state index contributed by atoms with van der Waals surface area (Å²) >= 11 is 13.4. The van der Waals surface area contributed by atoms with Crippen LogP contribution < -0.4 is 4.74 Å². The van der Waals surface area contributed by atoms with Crippen molar-refractivity contribution in [1.29, 1.82) is 0 Å². The Hall–Kier alpha value is 0.270. The highest BCUT2D eigenvalue weighted by Crippen LogP contribution is 2.43. The van der Waals surface area contributed by atoms with Crippen LogP contribution in [0.4, 0.5) is 0 Å². The van der Waals surface area contributed by atoms with Crippen molar-refractivity contribution in [2.45, 2.75) is 36.9 Å². The van der Waals surface area contributed by atoms with Gasteiger partial charge in [-0.05, 0) is 40.4 Å². The summed E-state index contributed by atoms with van der Waals surface area (Å²) in [5, 5.41) is 0.744. The molecular formula is C14H17Br2ClO. The van der Waals surface area contributed by atoms with E-state index in [1.54, 1.807) is 7.11 Å². The topological polar surface area (TPSA) is 9.23 Å². The zero-order valence-electron chi connectivity index (χ0n) is 10.4. The molecule has 1 aliphatic carbocycles. The maximum absolute atomic E-state index is 6.13. The van der Waals surface area contributed by atoms with E-state index >= 15 is 0 Å². The van der Waals surface area contributed by atoms with Gasteiger partial charge in [0.1, 0.15) is 5.75 Å². The molecule has 18 heavy (non-hydrogen) atoms. The van der Waals surface area contributed by atoms with Gasteiger partial charge >= 0.3 is 0 Å². The van der Waals surface area contributed by atoms with Gasteiger partial charge in [0.25, 0.3) is 0 Å². The average molecular weight is 397 g/mol. The Bertz CT molecular complexity index is 417. The van der Waals surface area contributed by atoms with Crippen LogP contribution in [0.5, 0.6) is 5.75 Å². The summed E-state index contributed by atoms with van der Waals surface area (Å²) in [4.78, 5) is 0.311. The van der Waals surface area contributed by atoms with E-state index in [4.69, 9.17) is 16.3 Å². The standard InChI is InChI=1S/C14H17Br2ClO/c1-18-14-11(7-10(17)8-13(14)16)12(15)6-9-4-2-3-5-9/h7-9,12H,2-6H2,1H3. The van der Waals surface area contributed by atoms with E-state index in [-0.39, 0.29) is 0 Å². The van der Waals surface area contributed by atoms with Crippen molar-refractivity contribution in [3.8, 4) is 5.75 Å². The van der Waals surface area contributed by atoms with Gasteiger partial charge in [-0.15, -0.1) is 0 Å². The fraction of sp³-hybridized carbons (Fsp3) is 0.571. The number of hydrogen-bond donors (Lipinski definition) is 0. The molecule has 1 fully saturated rings. The molecule has 0 aliphatic heterocycles. The molecule has 1 aliphatic rings. The van der Waals surface area contributed by atoms with Crippen molar-refractivity contribution in [2.75, 3.05) is 7.11 Å². The number of ether oxygens (including phenoxy) is 1. The Labute approximate surface area is 130 Å². The summed E-state index contributed by atoms with van der Waals surface area (Å²) in [5.41, 5.74) is 1.14. The van der Waals surface area contributed by atoms with Gasteiger partial charge in [-0.1, -0.05) is 53.2 Å². The number of halogens is 3. The van der Waals surface area contributed by atoms with Crippen molar-refractivity contribution in [3.05, 3.63) is 27.2 Å². The maximum Gasteiger partial charge on any atom is 0.137 e. The lowest BCUT2D eigenvalue weighted by atomic mass is 9.97. The smallest absolute Gasteiger partial charge is 0.137 e. The second kappa shape index (κ2) is 6.62. The number of hydrogen-bond acceptors (Lipinski definition) is 1. The molecule has 0 bridgehead atoms. The molecule has 1 aromatic rings. The summed E-state index contributed by atoms with van der Waals surface area (Å²) in [7, 11) is 1.70. The lowest BCUT2D eigenvalue weighted by Crippen LogP contribution is -2.02. The molecule has 1 aromatic carbocycles. The number of alkyl halides is 1. The van der Waals surface area contributed by atoms with Gasteiger partial charge in [0.15, 0.2) is 0 Å². The summed E-state index contributed by atoms with van der Waals surface area (Å²) in [6.45, 7) is 0. The third kappa shape index (κ3) is 3.43. The monoisotopic (exact) mass is 394 g/mol. The first kappa shape index (κ1) is 14.7. The summed E-state index contributed by atoms with van der Waals surface area (Å²) < 4.78 is 6.40. The zero-order chi connectivity index (χ0) is 13.1. The molecule has 1 atom stereocenters. The van der Waals surface area contributed by atoms with Crippen molar-refractivity contribution in [2.24, 2.45) is 5.92 Å². The van der Waals surface area contributed by atoms with E-state index in [0.29, 0.717) is 4.83 Å². The second-order valence-corrected chi connectivity index (χ2v) is 7.26. The maximum atomic E-state index is 6.13. The number of methoxy groups -OCH3 is 1. The molecule has 100 valence electrons. The van der Waals surface area contributed by atoms with Crippen LogP contribution in [-0.2, 0) is 0 Å². The van der Waals surface area contributed by atoms with Gasteiger partial charge in [-0.2, -0.15) is 0 Å². The van der Waals surface area contributed by atoms with E-state index in [0.717, 1.165) is 33.1 Å². The molecule has 0 heterocycles. The lowest BCUT2D eigenvalue weighted by Gasteiger charge is -2.19. The van der Waals surface area contributed by atoms with Crippen LogP contribution in [-0.4, -0.2) is 7.11 Å². The number of benzene rings is 1. The summed E-state index contributed by atoms with van der Waals surface area (Å²) in [6.07, 6.45) is 6.61. The molecule has 4 heteroatoms. The minimum atomic E-state index is 0.311. The minimum Gasteiger partial charge on any atom is -0.495 e. The molecule has 0 aromatic heterocycles. The molecule has 1 nitrogen and oxygen atoms in total. The molecule has 2 rings (SSSR count). The van der Waals surface area contributed by atoms with Gasteiger partial charge in [-0.25, -0.2) is 0 Å². The first-order chi connectivity index (χ1) is 8.61. The van der Waals surface area contributed by atoms with Gasteiger partial charge in [0.2, 0.25) is 0 Å². The minimum absolute atomic E-state index is 0.311. The van der Waals surface area contributed by atoms with Crippen molar-refractivity contribution < 1.29 is 4.74 Å². The SMILES string of the molecule is COc1c(Br)cc(Cl)cc1C(Br)CC1CCCC1. The molecule has 0 amide bonds. The summed E-state index contributed by atoms with van der Waals surface area (Å²) in [5.74, 6) is 1.72. The Kier molecular flexibility index (Phi) is 5.40. The molecule has 0 radical (unpaired) electrons. The van der Waals surface area contributed by atoms with E-state index in [1.807, 2.05) is 12.1 Å². The Balaban J connectivity index is 2.19. The first-order valence-corrected chi connectivity index (χ1v) is 8.37. The van der Waals surface area contributed by atoms with E-state index < -0.39 is 0 Å². The Morgan fingerprint density at radius 3 is 2.67 bits per heavy atom. The fourth-order valence-electron chi connectivity index (χ4n) is 2.69. The first-order valence-electron chi connectivity index (χ1n) is 6.28. The van der Waals surface area contributed by atoms with Gasteiger partial charge in [0.05, 0.1) is 11.6 Å². The van der Waals surface area contributed by atoms with E-state index in [9.17, 15) is 0 Å². The predicted octanol–water partition coefficient (Wildman–Crippen LogP) is 6.13. The largest absolute Gasteiger partial charge is 0.495 e. The third-order valence-electron chi connectivity index (χ3n) is 3.59. The third-order valence-corrected chi connectivity index (χ3v) is 5.27. The molecular weight excluding hydrogens is 379 g/mol. The zero-order valence-corrected chi connectivity index (χ0v) is 14.3. The quantitative estimate of drug-likeness (QED) is 0.557. The predicted molar refractivity (Wildman–Crippen MR) is 83.9 cm³/mol. The molecule has 0 N–H and O–H groups in total. The Morgan fingerprint density at radius 2 is 2.06 bits per heavy atom. The van der Waals surface area contributed by atoms with Crippen molar-refractivity contribution in [1.82, 2.24) is 0 Å². The van der Waals surface area contributed by atoms with Crippen LogP contribution in [0.1, 0.15) is 42.5 Å². The van der Waals surface area contributed by atoms with E-state index in [1.165, 1.54) is 25.7 Å². The van der Waals surface area contributed by atoms with Gasteiger partial charge in [0, 0.05) is 15.4 Å². The van der Waals surface area contributed by atoms with Crippen molar-refractivity contribution >= 4 is 43.5 Å². The second-order valence-electron chi connectivity index (χ2n) is 4.86. The van der Waals surface area contributed by atoms with Crippen LogP contribution in [0, 0.1) is 5.92 Å². The highest BCUT2D eigenvalue weighted by atomic mass is 79.9. The van der Waals surface area contributed by atoms with Crippen LogP contribution in [0.3, 0.4) is 0 Å². The normalized spacial score (nSPS) is 18.0. The molecule has 1 saturated carbocycles. The average Bonchev–Trinajstić information content (AvgIpc) is 2.80. The van der Waals surface area contributed by atoms with E-state index in [2.05, 4.69) is 31.9 Å². The molecule has 0 spiro atoms. The lowest BCUT2D eigenvalue weighted by molar-refractivity contribution is 0.403. The van der Waals surface area contributed by atoms with Gasteiger partial charge in [-0.3, -0.25) is 0 Å². The van der Waals surface area contributed by atoms with Crippen LogP contribution >= 0.6 is 43.5 Å². The van der Waals surface area contributed by atoms with Crippen molar-refractivity contribution in [3.63, 3.8) is 0 Å². The van der Waals surface area contributed by atoms with Crippen LogP contribution in [0.15, 0.2) is 16.6 Å². The highest BCUT2D eigenvalue weighted by molar-refractivity contribution is 9.10. The summed E-state index contributed by atoms with van der Waals surface area (Å²) in [6, 6.07) is 3.87. The molecule has 0 saturated heterocycles. The van der Waals surface area contributed by atoms with Crippen LogP contribution in [0.2, 0.25) is 5.02 Å². The highest BCUT2D eigenvalue weighted by Gasteiger charge is 2.23. The molecule has 1 unspecified atom stereocenters. The van der Waals surface area contributed by atoms with Crippen LogP contribution in [0.25, 0.3) is 0 Å². The number of rotatable bonds is 4. The Morgan fingerprint density at radius 1 is 1.39 bits per heavy atom.